The number of hydrogen-bond acceptors (Lipinski definition) is 5. The Labute approximate surface area is 143 Å². The van der Waals surface area contributed by atoms with Gasteiger partial charge in [0, 0.05) is 38.9 Å². The van der Waals surface area contributed by atoms with Gasteiger partial charge in [-0.25, -0.2) is 4.98 Å². The zero-order valence-corrected chi connectivity index (χ0v) is 14.6. The lowest BCUT2D eigenvalue weighted by atomic mass is 10.3. The van der Waals surface area contributed by atoms with Gasteiger partial charge in [0.1, 0.15) is 5.82 Å². The first-order valence-electron chi connectivity index (χ1n) is 8.49. The lowest BCUT2D eigenvalue weighted by molar-refractivity contribution is -0.133. The molecule has 1 aromatic heterocycles. The second kappa shape index (κ2) is 9.22. The van der Waals surface area contributed by atoms with Crippen molar-refractivity contribution >= 4 is 17.6 Å². The van der Waals surface area contributed by atoms with Crippen molar-refractivity contribution in [2.45, 2.75) is 13.3 Å². The highest BCUT2D eigenvalue weighted by molar-refractivity contribution is 5.81. The van der Waals surface area contributed by atoms with Gasteiger partial charge in [-0.1, -0.05) is 13.0 Å². The molecule has 2 heterocycles. The average molecular weight is 333 g/mol. The van der Waals surface area contributed by atoms with E-state index in [1.807, 2.05) is 30.0 Å². The highest BCUT2D eigenvalue weighted by Gasteiger charge is 2.22. The number of piperazine rings is 1. The molecule has 0 atom stereocenters. The topological polar surface area (TPSA) is 68.8 Å². The number of carbonyl (C=O) groups excluding carboxylic acids is 2. The van der Waals surface area contributed by atoms with Crippen molar-refractivity contribution in [2.75, 3.05) is 57.8 Å². The fourth-order valence-electron chi connectivity index (χ4n) is 2.68. The Balaban J connectivity index is 1.73. The summed E-state index contributed by atoms with van der Waals surface area (Å²) < 4.78 is 0. The van der Waals surface area contributed by atoms with Gasteiger partial charge in [-0.2, -0.15) is 0 Å². The van der Waals surface area contributed by atoms with Crippen LogP contribution < -0.4 is 10.2 Å². The van der Waals surface area contributed by atoms with Gasteiger partial charge >= 0.3 is 0 Å². The maximum absolute atomic E-state index is 12.4. The average Bonchev–Trinajstić information content (AvgIpc) is 2.60. The zero-order chi connectivity index (χ0) is 17.4. The number of pyridine rings is 1. The molecule has 0 aromatic carbocycles. The van der Waals surface area contributed by atoms with Gasteiger partial charge in [0.15, 0.2) is 0 Å². The van der Waals surface area contributed by atoms with Crippen LogP contribution >= 0.6 is 0 Å². The summed E-state index contributed by atoms with van der Waals surface area (Å²) in [5.41, 5.74) is 0. The third-order valence-corrected chi connectivity index (χ3v) is 4.00. The Morgan fingerprint density at radius 3 is 2.58 bits per heavy atom. The molecule has 24 heavy (non-hydrogen) atoms. The number of likely N-dealkylation sites (N-methyl/N-ethyl adjacent to an activating group) is 1. The molecule has 0 aliphatic carbocycles. The van der Waals surface area contributed by atoms with Gasteiger partial charge in [-0.05, 0) is 25.6 Å². The summed E-state index contributed by atoms with van der Waals surface area (Å²) in [6.07, 6.45) is 2.69. The van der Waals surface area contributed by atoms with E-state index in [0.29, 0.717) is 19.6 Å². The maximum Gasteiger partial charge on any atom is 0.236 e. The first kappa shape index (κ1) is 18.2. The molecule has 0 radical (unpaired) electrons. The summed E-state index contributed by atoms with van der Waals surface area (Å²) in [7, 11) is 1.80. The lowest BCUT2D eigenvalue weighted by Crippen LogP contribution is -2.51. The van der Waals surface area contributed by atoms with E-state index in [9.17, 15) is 9.59 Å². The molecule has 2 rings (SSSR count). The van der Waals surface area contributed by atoms with Crippen molar-refractivity contribution in [3.8, 4) is 0 Å². The highest BCUT2D eigenvalue weighted by atomic mass is 16.2. The standard InChI is InChI=1S/C17H27N5O2/c1-3-7-19-16(23)13-20(2)14-17(24)22-11-9-21(10-12-22)15-6-4-5-8-18-15/h4-6,8H,3,7,9-14H2,1-2H3,(H,19,23). The number of nitrogens with one attached hydrogen (secondary N) is 1. The quantitative estimate of drug-likeness (QED) is 0.771. The minimum absolute atomic E-state index is 0.0351. The van der Waals surface area contributed by atoms with Crippen molar-refractivity contribution in [3.05, 3.63) is 24.4 Å². The van der Waals surface area contributed by atoms with Crippen LogP contribution in [0.4, 0.5) is 5.82 Å². The van der Waals surface area contributed by atoms with Crippen LogP contribution in [0.3, 0.4) is 0 Å². The fraction of sp³-hybridized carbons (Fsp3) is 0.588. The molecule has 1 saturated heterocycles. The summed E-state index contributed by atoms with van der Waals surface area (Å²) in [6, 6.07) is 5.86. The normalized spacial score (nSPS) is 14.8. The van der Waals surface area contributed by atoms with Gasteiger partial charge in [0.25, 0.3) is 0 Å². The Kier molecular flexibility index (Phi) is 6.99. The summed E-state index contributed by atoms with van der Waals surface area (Å²) in [5.74, 6) is 0.989. The van der Waals surface area contributed by atoms with E-state index < -0.39 is 0 Å². The largest absolute Gasteiger partial charge is 0.355 e. The van der Waals surface area contributed by atoms with Gasteiger partial charge in [-0.15, -0.1) is 0 Å². The van der Waals surface area contributed by atoms with Gasteiger partial charge in [-0.3, -0.25) is 14.5 Å². The van der Waals surface area contributed by atoms with E-state index in [-0.39, 0.29) is 24.9 Å². The molecular formula is C17H27N5O2. The first-order chi connectivity index (χ1) is 11.6. The van der Waals surface area contributed by atoms with Crippen LogP contribution in [0.5, 0.6) is 0 Å². The number of nitrogens with zero attached hydrogens (tertiary/aromatic N) is 4. The van der Waals surface area contributed by atoms with E-state index in [2.05, 4.69) is 15.2 Å². The third-order valence-electron chi connectivity index (χ3n) is 4.00. The minimum Gasteiger partial charge on any atom is -0.355 e. The molecule has 132 valence electrons. The summed E-state index contributed by atoms with van der Waals surface area (Å²) >= 11 is 0. The van der Waals surface area contributed by atoms with Gasteiger partial charge < -0.3 is 15.1 Å². The fourth-order valence-corrected chi connectivity index (χ4v) is 2.68. The van der Waals surface area contributed by atoms with E-state index >= 15 is 0 Å². The number of aromatic nitrogens is 1. The van der Waals surface area contributed by atoms with E-state index in [4.69, 9.17) is 0 Å². The van der Waals surface area contributed by atoms with Crippen molar-refractivity contribution in [1.29, 1.82) is 0 Å². The lowest BCUT2D eigenvalue weighted by Gasteiger charge is -2.36. The summed E-state index contributed by atoms with van der Waals surface area (Å²) in [5, 5.41) is 2.82. The predicted octanol–water partition coefficient (Wildman–Crippen LogP) is 0.188. The molecule has 0 saturated carbocycles. The van der Waals surface area contributed by atoms with E-state index in [1.54, 1.807) is 18.1 Å². The van der Waals surface area contributed by atoms with Crippen LogP contribution in [0.25, 0.3) is 0 Å². The second-order valence-electron chi connectivity index (χ2n) is 6.08. The molecule has 7 nitrogen and oxygen atoms in total. The van der Waals surface area contributed by atoms with E-state index in [0.717, 1.165) is 25.3 Å². The third kappa shape index (κ3) is 5.49. The van der Waals surface area contributed by atoms with Crippen molar-refractivity contribution in [1.82, 2.24) is 20.1 Å². The Hall–Kier alpha value is -2.15. The van der Waals surface area contributed by atoms with Crippen LogP contribution in [-0.4, -0.2) is 79.5 Å². The SMILES string of the molecule is CCCNC(=O)CN(C)CC(=O)N1CCN(c2ccccn2)CC1. The predicted molar refractivity (Wildman–Crippen MR) is 93.8 cm³/mol. The monoisotopic (exact) mass is 333 g/mol. The number of amides is 2. The molecule has 0 unspecified atom stereocenters. The molecule has 1 fully saturated rings. The van der Waals surface area contributed by atoms with Crippen LogP contribution in [-0.2, 0) is 9.59 Å². The van der Waals surface area contributed by atoms with Gasteiger partial charge in [0.05, 0.1) is 13.1 Å². The number of hydrogen-bond donors (Lipinski definition) is 1. The molecule has 1 N–H and O–H groups in total. The number of rotatable bonds is 7. The minimum atomic E-state index is -0.0351. The molecule has 7 heteroatoms. The van der Waals surface area contributed by atoms with Gasteiger partial charge in [0.2, 0.25) is 11.8 Å². The molecule has 1 aromatic rings. The Bertz CT molecular complexity index is 529. The van der Waals surface area contributed by atoms with E-state index in [1.165, 1.54) is 0 Å². The van der Waals surface area contributed by atoms with Crippen molar-refractivity contribution < 1.29 is 9.59 Å². The molecule has 1 aliphatic rings. The van der Waals surface area contributed by atoms with Crippen molar-refractivity contribution in [3.63, 3.8) is 0 Å². The molecule has 0 spiro atoms. The summed E-state index contributed by atoms with van der Waals surface area (Å²) in [4.78, 5) is 34.2. The van der Waals surface area contributed by atoms with Crippen molar-refractivity contribution in [2.24, 2.45) is 0 Å². The molecule has 2 amide bonds. The second-order valence-corrected chi connectivity index (χ2v) is 6.08. The number of anilines is 1. The van der Waals surface area contributed by atoms with Crippen LogP contribution in [0, 0.1) is 0 Å². The van der Waals surface area contributed by atoms with Crippen LogP contribution in [0.2, 0.25) is 0 Å². The Morgan fingerprint density at radius 2 is 1.96 bits per heavy atom. The Morgan fingerprint density at radius 1 is 1.21 bits per heavy atom. The molecule has 1 aliphatic heterocycles. The van der Waals surface area contributed by atoms with Crippen LogP contribution in [0.1, 0.15) is 13.3 Å². The zero-order valence-electron chi connectivity index (χ0n) is 14.6. The molecule has 0 bridgehead atoms. The molecular weight excluding hydrogens is 306 g/mol. The number of carbonyl (C=O) groups is 2. The van der Waals surface area contributed by atoms with Crippen LogP contribution in [0.15, 0.2) is 24.4 Å². The maximum atomic E-state index is 12.4. The summed E-state index contributed by atoms with van der Waals surface area (Å²) in [6.45, 7) is 6.14. The smallest absolute Gasteiger partial charge is 0.236 e. The first-order valence-corrected chi connectivity index (χ1v) is 8.49. The highest BCUT2D eigenvalue weighted by Crippen LogP contribution is 2.12.